The van der Waals surface area contributed by atoms with Gasteiger partial charge in [0.25, 0.3) is 0 Å². The Bertz CT molecular complexity index is 562. The lowest BCUT2D eigenvalue weighted by Crippen LogP contribution is -2.51. The minimum Gasteiger partial charge on any atom is -0.448 e. The van der Waals surface area contributed by atoms with Gasteiger partial charge < -0.3 is 14.5 Å². The molecule has 3 saturated heterocycles. The number of rotatable bonds is 4. The number of cyclic esters (lactones) is 1. The maximum atomic E-state index is 13.0. The zero-order valence-electron chi connectivity index (χ0n) is 14.0. The summed E-state index contributed by atoms with van der Waals surface area (Å²) in [6, 6.07) is 0. The molecule has 132 valence electrons. The van der Waals surface area contributed by atoms with Crippen molar-refractivity contribution < 1.29 is 19.1 Å². The van der Waals surface area contributed by atoms with Gasteiger partial charge >= 0.3 is 6.09 Å². The number of amides is 3. The van der Waals surface area contributed by atoms with Crippen LogP contribution in [0, 0.1) is 11.3 Å². The first kappa shape index (κ1) is 15.7. The molecule has 0 aromatic carbocycles. The summed E-state index contributed by atoms with van der Waals surface area (Å²) in [4.78, 5) is 42.2. The summed E-state index contributed by atoms with van der Waals surface area (Å²) in [5.74, 6) is 0.874. The van der Waals surface area contributed by atoms with Crippen LogP contribution in [0.5, 0.6) is 0 Å². The van der Waals surface area contributed by atoms with Gasteiger partial charge in [-0.05, 0) is 38.0 Å². The van der Waals surface area contributed by atoms with Gasteiger partial charge in [-0.25, -0.2) is 4.79 Å². The predicted molar refractivity (Wildman–Crippen MR) is 85.1 cm³/mol. The van der Waals surface area contributed by atoms with Gasteiger partial charge in [-0.15, -0.1) is 0 Å². The van der Waals surface area contributed by atoms with Crippen LogP contribution in [-0.4, -0.2) is 78.5 Å². The van der Waals surface area contributed by atoms with Crippen LogP contribution in [0.4, 0.5) is 4.79 Å². The monoisotopic (exact) mass is 335 g/mol. The van der Waals surface area contributed by atoms with E-state index in [2.05, 4.69) is 0 Å². The van der Waals surface area contributed by atoms with Crippen LogP contribution in [0.15, 0.2) is 0 Å². The predicted octanol–water partition coefficient (Wildman–Crippen LogP) is 0.690. The van der Waals surface area contributed by atoms with Crippen molar-refractivity contribution >= 4 is 17.9 Å². The summed E-state index contributed by atoms with van der Waals surface area (Å²) in [6.07, 6.45) is 4.73. The smallest absolute Gasteiger partial charge is 0.410 e. The Kier molecular flexibility index (Phi) is 3.89. The van der Waals surface area contributed by atoms with Crippen LogP contribution in [0.1, 0.15) is 32.1 Å². The molecule has 1 atom stereocenters. The number of carbonyl (C=O) groups excluding carboxylic acids is 3. The van der Waals surface area contributed by atoms with Gasteiger partial charge in [0, 0.05) is 26.2 Å². The minimum atomic E-state index is -0.415. The summed E-state index contributed by atoms with van der Waals surface area (Å²) in [5, 5.41) is 0. The second kappa shape index (κ2) is 5.93. The van der Waals surface area contributed by atoms with Crippen molar-refractivity contribution in [2.75, 3.05) is 45.9 Å². The third-order valence-electron chi connectivity index (χ3n) is 5.88. The number of nitrogens with zero attached hydrogens (tertiary/aromatic N) is 3. The molecule has 0 aromatic rings. The molecular weight excluding hydrogens is 310 g/mol. The van der Waals surface area contributed by atoms with Gasteiger partial charge in [0.1, 0.15) is 13.2 Å². The van der Waals surface area contributed by atoms with Crippen LogP contribution in [-0.2, 0) is 14.3 Å². The van der Waals surface area contributed by atoms with E-state index in [1.807, 2.05) is 4.90 Å². The van der Waals surface area contributed by atoms with Crippen LogP contribution < -0.4 is 0 Å². The van der Waals surface area contributed by atoms with Crippen molar-refractivity contribution in [2.24, 2.45) is 11.3 Å². The molecule has 4 fully saturated rings. The third kappa shape index (κ3) is 2.84. The summed E-state index contributed by atoms with van der Waals surface area (Å²) in [7, 11) is 0. The summed E-state index contributed by atoms with van der Waals surface area (Å²) < 4.78 is 4.87. The highest BCUT2D eigenvalue weighted by molar-refractivity contribution is 5.87. The lowest BCUT2D eigenvalue weighted by Gasteiger charge is -2.39. The van der Waals surface area contributed by atoms with E-state index < -0.39 is 6.09 Å². The van der Waals surface area contributed by atoms with Gasteiger partial charge in [0.2, 0.25) is 11.8 Å². The van der Waals surface area contributed by atoms with Crippen LogP contribution in [0.3, 0.4) is 0 Å². The van der Waals surface area contributed by atoms with Crippen LogP contribution in [0.25, 0.3) is 0 Å². The maximum absolute atomic E-state index is 13.0. The number of likely N-dealkylation sites (tertiary alicyclic amines) is 2. The molecule has 1 saturated carbocycles. The Morgan fingerprint density at radius 2 is 1.96 bits per heavy atom. The Morgan fingerprint density at radius 1 is 1.12 bits per heavy atom. The van der Waals surface area contributed by atoms with E-state index in [0.29, 0.717) is 32.2 Å². The quantitative estimate of drug-likeness (QED) is 0.758. The van der Waals surface area contributed by atoms with Gasteiger partial charge in [-0.2, -0.15) is 0 Å². The Hall–Kier alpha value is -1.79. The number of carbonyl (C=O) groups is 3. The molecule has 7 nitrogen and oxygen atoms in total. The van der Waals surface area contributed by atoms with Crippen molar-refractivity contribution in [3.8, 4) is 0 Å². The molecule has 3 heterocycles. The zero-order valence-corrected chi connectivity index (χ0v) is 14.0. The molecule has 1 aliphatic carbocycles. The minimum absolute atomic E-state index is 0.0644. The number of ether oxygens (including phenoxy) is 1. The first-order chi connectivity index (χ1) is 11.6. The van der Waals surface area contributed by atoms with E-state index in [-0.39, 0.29) is 23.8 Å². The van der Waals surface area contributed by atoms with Gasteiger partial charge in [-0.1, -0.05) is 0 Å². The molecule has 1 unspecified atom stereocenters. The molecule has 3 aliphatic heterocycles. The Labute approximate surface area is 141 Å². The molecule has 0 radical (unpaired) electrons. The molecular formula is C17H25N3O4. The van der Waals surface area contributed by atoms with E-state index in [0.717, 1.165) is 32.4 Å². The first-order valence-corrected chi connectivity index (χ1v) is 9.06. The van der Waals surface area contributed by atoms with E-state index in [4.69, 9.17) is 4.74 Å². The average Bonchev–Trinajstić information content (AvgIpc) is 3.14. The lowest BCUT2D eigenvalue weighted by molar-refractivity contribution is -0.146. The second-order valence-electron chi connectivity index (χ2n) is 7.68. The normalized spacial score (nSPS) is 30.4. The fourth-order valence-corrected chi connectivity index (χ4v) is 4.24. The lowest BCUT2D eigenvalue weighted by atomic mass is 9.78. The summed E-state index contributed by atoms with van der Waals surface area (Å²) in [6.45, 7) is 3.77. The molecule has 0 N–H and O–H groups in total. The van der Waals surface area contributed by atoms with E-state index in [1.54, 1.807) is 4.90 Å². The van der Waals surface area contributed by atoms with Crippen LogP contribution >= 0.6 is 0 Å². The highest BCUT2D eigenvalue weighted by Crippen LogP contribution is 2.41. The second-order valence-corrected chi connectivity index (χ2v) is 7.68. The fraction of sp³-hybridized carbons (Fsp3) is 0.824. The molecule has 24 heavy (non-hydrogen) atoms. The van der Waals surface area contributed by atoms with E-state index in [1.165, 1.54) is 17.7 Å². The Morgan fingerprint density at radius 3 is 2.67 bits per heavy atom. The standard InChI is InChI=1S/C17H25N3O4/c21-14(11-19-8-9-24-16(19)23)20-7-5-17(12-20)4-1-6-18(15(17)22)10-13-2-3-13/h13H,1-12H2. The highest BCUT2D eigenvalue weighted by Gasteiger charge is 2.50. The third-order valence-corrected chi connectivity index (χ3v) is 5.88. The Balaban J connectivity index is 1.38. The number of piperidine rings is 1. The summed E-state index contributed by atoms with van der Waals surface area (Å²) in [5.41, 5.74) is -0.381. The molecule has 1 spiro atoms. The van der Waals surface area contributed by atoms with Crippen molar-refractivity contribution in [1.29, 1.82) is 0 Å². The van der Waals surface area contributed by atoms with Crippen molar-refractivity contribution in [1.82, 2.24) is 14.7 Å². The highest BCUT2D eigenvalue weighted by atomic mass is 16.6. The molecule has 4 rings (SSSR count). The molecule has 7 heteroatoms. The average molecular weight is 335 g/mol. The first-order valence-electron chi connectivity index (χ1n) is 9.06. The van der Waals surface area contributed by atoms with Gasteiger partial charge in [0.05, 0.1) is 12.0 Å². The van der Waals surface area contributed by atoms with Gasteiger partial charge in [-0.3, -0.25) is 14.5 Å². The molecule has 0 bridgehead atoms. The van der Waals surface area contributed by atoms with Crippen molar-refractivity contribution in [3.63, 3.8) is 0 Å². The number of hydrogen-bond acceptors (Lipinski definition) is 4. The fourth-order valence-electron chi connectivity index (χ4n) is 4.24. The summed E-state index contributed by atoms with van der Waals surface area (Å²) >= 11 is 0. The van der Waals surface area contributed by atoms with E-state index in [9.17, 15) is 14.4 Å². The van der Waals surface area contributed by atoms with Crippen LogP contribution in [0.2, 0.25) is 0 Å². The number of hydrogen-bond donors (Lipinski definition) is 0. The van der Waals surface area contributed by atoms with Crippen molar-refractivity contribution in [3.05, 3.63) is 0 Å². The van der Waals surface area contributed by atoms with Crippen molar-refractivity contribution in [2.45, 2.75) is 32.1 Å². The molecule has 3 amide bonds. The maximum Gasteiger partial charge on any atom is 0.410 e. The zero-order chi connectivity index (χ0) is 16.7. The largest absolute Gasteiger partial charge is 0.448 e. The SMILES string of the molecule is O=C(CN1CCOC1=O)N1CCC2(CCCN(CC3CC3)C2=O)C1. The van der Waals surface area contributed by atoms with Gasteiger partial charge in [0.15, 0.2) is 0 Å². The topological polar surface area (TPSA) is 70.2 Å². The molecule has 4 aliphatic rings. The van der Waals surface area contributed by atoms with E-state index >= 15 is 0 Å². The molecule has 0 aromatic heterocycles.